The summed E-state index contributed by atoms with van der Waals surface area (Å²) in [4.78, 5) is 14.4. The van der Waals surface area contributed by atoms with Gasteiger partial charge in [-0.3, -0.25) is 4.79 Å². The van der Waals surface area contributed by atoms with E-state index in [1.54, 1.807) is 21.7 Å². The minimum atomic E-state index is -0.326. The quantitative estimate of drug-likeness (QED) is 0.934. The van der Waals surface area contributed by atoms with Gasteiger partial charge in [-0.1, -0.05) is 5.21 Å². The molecule has 6 nitrogen and oxygen atoms in total. The van der Waals surface area contributed by atoms with Crippen molar-refractivity contribution in [1.29, 1.82) is 0 Å². The smallest absolute Gasteiger partial charge is 0.251 e. The Kier molecular flexibility index (Phi) is 4.02. The second-order valence-corrected chi connectivity index (χ2v) is 6.44. The number of benzene rings is 1. The average molecular weight is 329 g/mol. The molecule has 0 aliphatic carbocycles. The molecule has 2 aliphatic rings. The molecule has 2 aliphatic heterocycles. The normalized spacial score (nSPS) is 24.5. The molecule has 2 fully saturated rings. The summed E-state index contributed by atoms with van der Waals surface area (Å²) in [6.07, 6.45) is 4.83. The number of anilines is 1. The van der Waals surface area contributed by atoms with Crippen molar-refractivity contribution in [3.63, 3.8) is 0 Å². The zero-order chi connectivity index (χ0) is 16.5. The number of carbonyl (C=O) groups excluding carboxylic acids is 1. The Bertz CT molecular complexity index is 723. The molecule has 0 radical (unpaired) electrons. The highest BCUT2D eigenvalue weighted by Crippen LogP contribution is 2.29. The van der Waals surface area contributed by atoms with Crippen molar-refractivity contribution in [2.75, 3.05) is 24.5 Å². The zero-order valence-electron chi connectivity index (χ0n) is 13.4. The van der Waals surface area contributed by atoms with Gasteiger partial charge in [-0.05, 0) is 50.1 Å². The van der Waals surface area contributed by atoms with E-state index in [2.05, 4.69) is 15.6 Å². The van der Waals surface area contributed by atoms with E-state index in [-0.39, 0.29) is 17.8 Å². The van der Waals surface area contributed by atoms with Crippen LogP contribution < -0.4 is 10.2 Å². The number of hydrogen-bond donors (Lipinski definition) is 1. The molecule has 2 saturated heterocycles. The predicted octanol–water partition coefficient (Wildman–Crippen LogP) is 1.86. The molecule has 1 aromatic carbocycles. The van der Waals surface area contributed by atoms with Crippen LogP contribution in [0.5, 0.6) is 0 Å². The molecular formula is C17H20FN5O. The Hall–Kier alpha value is -2.28. The molecule has 0 saturated carbocycles. The van der Waals surface area contributed by atoms with E-state index in [1.807, 2.05) is 6.20 Å². The summed E-state index contributed by atoms with van der Waals surface area (Å²) in [5.41, 5.74) is 1.68. The van der Waals surface area contributed by atoms with E-state index in [0.29, 0.717) is 18.9 Å². The Morgan fingerprint density at radius 1 is 1.21 bits per heavy atom. The molecule has 2 aromatic rings. The minimum Gasteiger partial charge on any atom is -0.316 e. The van der Waals surface area contributed by atoms with Gasteiger partial charge in [-0.2, -0.15) is 0 Å². The van der Waals surface area contributed by atoms with Gasteiger partial charge in [0, 0.05) is 30.9 Å². The van der Waals surface area contributed by atoms with Crippen LogP contribution in [0, 0.1) is 5.82 Å². The monoisotopic (exact) mass is 329 g/mol. The van der Waals surface area contributed by atoms with Gasteiger partial charge >= 0.3 is 0 Å². The van der Waals surface area contributed by atoms with Crippen molar-refractivity contribution in [3.05, 3.63) is 42.0 Å². The first kappa shape index (κ1) is 15.3. The van der Waals surface area contributed by atoms with Crippen molar-refractivity contribution in [2.24, 2.45) is 0 Å². The van der Waals surface area contributed by atoms with Gasteiger partial charge < -0.3 is 10.2 Å². The molecule has 0 spiro atoms. The van der Waals surface area contributed by atoms with Gasteiger partial charge in [0.15, 0.2) is 0 Å². The van der Waals surface area contributed by atoms with Gasteiger partial charge in [-0.15, -0.1) is 5.10 Å². The second-order valence-electron chi connectivity index (χ2n) is 6.44. The van der Waals surface area contributed by atoms with Crippen LogP contribution in [0.1, 0.15) is 36.9 Å². The van der Waals surface area contributed by atoms with Gasteiger partial charge in [-0.25, -0.2) is 9.07 Å². The molecule has 4 rings (SSSR count). The van der Waals surface area contributed by atoms with Crippen LogP contribution >= 0.6 is 0 Å². The van der Waals surface area contributed by atoms with Gasteiger partial charge in [0.05, 0.1) is 5.69 Å². The van der Waals surface area contributed by atoms with Crippen molar-refractivity contribution in [1.82, 2.24) is 20.3 Å². The molecule has 1 amide bonds. The minimum absolute atomic E-state index is 0.0140. The fourth-order valence-corrected chi connectivity index (χ4v) is 3.52. The fourth-order valence-electron chi connectivity index (χ4n) is 3.52. The molecule has 1 N–H and O–H groups in total. The van der Waals surface area contributed by atoms with E-state index >= 15 is 0 Å². The molecule has 126 valence electrons. The highest BCUT2D eigenvalue weighted by molar-refractivity contribution is 5.98. The maximum Gasteiger partial charge on any atom is 0.251 e. The maximum atomic E-state index is 13.1. The van der Waals surface area contributed by atoms with E-state index in [4.69, 9.17) is 0 Å². The number of amides is 1. The Balaban J connectivity index is 1.50. The summed E-state index contributed by atoms with van der Waals surface area (Å²) in [5.74, 6) is 0.0565. The summed E-state index contributed by atoms with van der Waals surface area (Å²) in [6.45, 7) is 2.58. The fraction of sp³-hybridized carbons (Fsp3) is 0.471. The number of halogens is 1. The zero-order valence-corrected chi connectivity index (χ0v) is 13.4. The lowest BCUT2D eigenvalue weighted by molar-refractivity contribution is -0.120. The van der Waals surface area contributed by atoms with Crippen LogP contribution in [-0.2, 0) is 4.79 Å². The topological polar surface area (TPSA) is 63.1 Å². The van der Waals surface area contributed by atoms with Crippen molar-refractivity contribution < 1.29 is 9.18 Å². The van der Waals surface area contributed by atoms with Gasteiger partial charge in [0.1, 0.15) is 11.9 Å². The standard InChI is InChI=1S/C17H20FN5O/c18-13-3-5-14(6-4-13)22-9-7-16(17(22)24)23-11-15(20-21-23)12-2-1-8-19-10-12/h3-6,11-12,16,19H,1-2,7-10H2. The Morgan fingerprint density at radius 2 is 2.04 bits per heavy atom. The third-order valence-corrected chi connectivity index (χ3v) is 4.88. The van der Waals surface area contributed by atoms with Crippen LogP contribution in [-0.4, -0.2) is 40.5 Å². The lowest BCUT2D eigenvalue weighted by Crippen LogP contribution is -2.29. The summed E-state index contributed by atoms with van der Waals surface area (Å²) in [5, 5.41) is 11.8. The molecular weight excluding hydrogens is 309 g/mol. The Morgan fingerprint density at radius 3 is 2.79 bits per heavy atom. The average Bonchev–Trinajstić information content (AvgIpc) is 3.23. The first-order valence-electron chi connectivity index (χ1n) is 8.42. The molecule has 2 unspecified atom stereocenters. The van der Waals surface area contributed by atoms with Crippen LogP contribution in [0.3, 0.4) is 0 Å². The number of hydrogen-bond acceptors (Lipinski definition) is 4. The maximum absolute atomic E-state index is 13.1. The molecule has 1 aromatic heterocycles. The summed E-state index contributed by atoms with van der Waals surface area (Å²) in [6, 6.07) is 5.69. The van der Waals surface area contributed by atoms with Crippen molar-refractivity contribution >= 4 is 11.6 Å². The highest BCUT2D eigenvalue weighted by atomic mass is 19.1. The lowest BCUT2D eigenvalue weighted by atomic mass is 9.97. The van der Waals surface area contributed by atoms with Crippen molar-refractivity contribution in [3.8, 4) is 0 Å². The summed E-state index contributed by atoms with van der Waals surface area (Å²) in [7, 11) is 0. The van der Waals surface area contributed by atoms with E-state index in [1.165, 1.54) is 12.1 Å². The van der Waals surface area contributed by atoms with Crippen LogP contribution in [0.2, 0.25) is 0 Å². The van der Waals surface area contributed by atoms with Crippen LogP contribution in [0.25, 0.3) is 0 Å². The van der Waals surface area contributed by atoms with Crippen molar-refractivity contribution in [2.45, 2.75) is 31.2 Å². The number of piperidine rings is 1. The second kappa shape index (κ2) is 6.32. The number of aromatic nitrogens is 3. The van der Waals surface area contributed by atoms with Crippen LogP contribution in [0.15, 0.2) is 30.5 Å². The molecule has 2 atom stereocenters. The predicted molar refractivity (Wildman–Crippen MR) is 87.3 cm³/mol. The molecule has 24 heavy (non-hydrogen) atoms. The molecule has 7 heteroatoms. The third kappa shape index (κ3) is 2.80. The van der Waals surface area contributed by atoms with Gasteiger partial charge in [0.2, 0.25) is 0 Å². The van der Waals surface area contributed by atoms with Crippen LogP contribution in [0.4, 0.5) is 10.1 Å². The number of rotatable bonds is 3. The number of nitrogens with zero attached hydrogens (tertiary/aromatic N) is 4. The lowest BCUT2D eigenvalue weighted by Gasteiger charge is -2.20. The van der Waals surface area contributed by atoms with E-state index in [9.17, 15) is 9.18 Å². The highest BCUT2D eigenvalue weighted by Gasteiger charge is 2.35. The summed E-state index contributed by atoms with van der Waals surface area (Å²) >= 11 is 0. The molecule has 0 bridgehead atoms. The third-order valence-electron chi connectivity index (χ3n) is 4.88. The molecule has 3 heterocycles. The van der Waals surface area contributed by atoms with E-state index < -0.39 is 0 Å². The first-order chi connectivity index (χ1) is 11.7. The largest absolute Gasteiger partial charge is 0.316 e. The van der Waals surface area contributed by atoms with Gasteiger partial charge in [0.25, 0.3) is 5.91 Å². The first-order valence-corrected chi connectivity index (χ1v) is 8.42. The SMILES string of the molecule is O=C1C(n2cc(C3CCCNC3)nn2)CCN1c1ccc(F)cc1. The Labute approximate surface area is 139 Å². The van der Waals surface area contributed by atoms with E-state index in [0.717, 1.165) is 37.3 Å². The number of carbonyl (C=O) groups is 1. The summed E-state index contributed by atoms with van der Waals surface area (Å²) < 4.78 is 14.8. The number of nitrogens with one attached hydrogen (secondary N) is 1.